The van der Waals surface area contributed by atoms with Crippen LogP contribution in [0.2, 0.25) is 0 Å². The SMILES string of the molecule is CC.CCOC(=O)OC(C)Oc1cc(C(C)C)c2c(CC)c(F)ccc2c1. The predicted octanol–water partition coefficient (Wildman–Crippen LogP) is 6.59. The smallest absolute Gasteiger partial charge is 0.455 e. The van der Waals surface area contributed by atoms with Crippen molar-refractivity contribution in [2.45, 2.75) is 67.1 Å². The molecule has 2 rings (SSSR count). The van der Waals surface area contributed by atoms with E-state index in [1.165, 1.54) is 6.07 Å². The molecule has 0 saturated carbocycles. The zero-order chi connectivity index (χ0) is 20.6. The van der Waals surface area contributed by atoms with Crippen LogP contribution in [0.15, 0.2) is 24.3 Å². The second kappa shape index (κ2) is 10.8. The van der Waals surface area contributed by atoms with Crippen molar-refractivity contribution in [2.75, 3.05) is 6.61 Å². The summed E-state index contributed by atoms with van der Waals surface area (Å²) in [5, 5.41) is 1.84. The summed E-state index contributed by atoms with van der Waals surface area (Å²) in [6.07, 6.45) is -0.941. The van der Waals surface area contributed by atoms with Gasteiger partial charge in [0.25, 0.3) is 0 Å². The van der Waals surface area contributed by atoms with E-state index in [2.05, 4.69) is 13.8 Å². The van der Waals surface area contributed by atoms with Crippen LogP contribution in [0.1, 0.15) is 65.5 Å². The van der Waals surface area contributed by atoms with Crippen LogP contribution in [0.5, 0.6) is 5.75 Å². The van der Waals surface area contributed by atoms with Gasteiger partial charge in [0.1, 0.15) is 11.6 Å². The molecule has 0 spiro atoms. The normalized spacial score (nSPS) is 11.6. The maximum Gasteiger partial charge on any atom is 0.511 e. The molecule has 0 heterocycles. The highest BCUT2D eigenvalue weighted by Crippen LogP contribution is 2.34. The van der Waals surface area contributed by atoms with Crippen molar-refractivity contribution < 1.29 is 23.4 Å². The van der Waals surface area contributed by atoms with Gasteiger partial charge in [0.2, 0.25) is 6.29 Å². The molecule has 0 amide bonds. The fourth-order valence-electron chi connectivity index (χ4n) is 2.89. The fraction of sp³-hybridized carbons (Fsp3) is 0.500. The summed E-state index contributed by atoms with van der Waals surface area (Å²) in [6.45, 7) is 13.6. The van der Waals surface area contributed by atoms with Crippen LogP contribution in [-0.2, 0) is 15.9 Å². The number of ether oxygens (including phenoxy) is 3. The molecule has 0 radical (unpaired) electrons. The molecule has 5 heteroatoms. The Morgan fingerprint density at radius 2 is 1.78 bits per heavy atom. The van der Waals surface area contributed by atoms with Gasteiger partial charge in [-0.1, -0.05) is 40.7 Å². The van der Waals surface area contributed by atoms with Gasteiger partial charge in [-0.3, -0.25) is 0 Å². The second-order valence-corrected chi connectivity index (χ2v) is 6.13. The van der Waals surface area contributed by atoms with E-state index in [9.17, 15) is 9.18 Å². The molecule has 2 aromatic carbocycles. The quantitative estimate of drug-likeness (QED) is 0.420. The van der Waals surface area contributed by atoms with Crippen LogP contribution in [-0.4, -0.2) is 19.1 Å². The molecule has 0 N–H and O–H groups in total. The Kier molecular flexibility index (Phi) is 9.06. The number of aryl methyl sites for hydroxylation is 1. The summed E-state index contributed by atoms with van der Waals surface area (Å²) >= 11 is 0. The lowest BCUT2D eigenvalue weighted by Gasteiger charge is -2.19. The standard InChI is InChI=1S/C20H25FO4.C2H6/c1-6-16-18(21)9-8-14-10-15(11-17(12(3)4)19(14)16)24-13(5)25-20(22)23-7-2;1-2/h8-13H,6-7H2,1-5H3;1-2H3. The second-order valence-electron chi connectivity index (χ2n) is 6.13. The Hall–Kier alpha value is -2.30. The van der Waals surface area contributed by atoms with Crippen LogP contribution < -0.4 is 4.74 Å². The average molecular weight is 378 g/mol. The third-order valence-corrected chi connectivity index (χ3v) is 3.97. The van der Waals surface area contributed by atoms with Crippen molar-refractivity contribution in [3.05, 3.63) is 41.2 Å². The van der Waals surface area contributed by atoms with E-state index >= 15 is 0 Å². The Labute approximate surface area is 161 Å². The van der Waals surface area contributed by atoms with Gasteiger partial charge in [-0.05, 0) is 59.4 Å². The minimum Gasteiger partial charge on any atom is -0.455 e. The summed E-state index contributed by atoms with van der Waals surface area (Å²) in [5.74, 6) is 0.575. The highest BCUT2D eigenvalue weighted by atomic mass is 19.1. The molecule has 0 aromatic heterocycles. The van der Waals surface area contributed by atoms with E-state index < -0.39 is 12.4 Å². The number of benzene rings is 2. The first kappa shape index (κ1) is 22.7. The number of carbonyl (C=O) groups is 1. The summed E-state index contributed by atoms with van der Waals surface area (Å²) in [4.78, 5) is 11.4. The van der Waals surface area contributed by atoms with Crippen molar-refractivity contribution in [3.63, 3.8) is 0 Å². The van der Waals surface area contributed by atoms with Crippen molar-refractivity contribution in [3.8, 4) is 5.75 Å². The first-order valence-corrected chi connectivity index (χ1v) is 9.62. The Morgan fingerprint density at radius 1 is 1.11 bits per heavy atom. The number of fused-ring (bicyclic) bond motifs is 1. The van der Waals surface area contributed by atoms with E-state index in [0.29, 0.717) is 17.7 Å². The van der Waals surface area contributed by atoms with Crippen molar-refractivity contribution in [2.24, 2.45) is 0 Å². The zero-order valence-corrected chi connectivity index (χ0v) is 17.4. The van der Waals surface area contributed by atoms with Crippen LogP contribution in [0.4, 0.5) is 9.18 Å². The van der Waals surface area contributed by atoms with E-state index in [1.54, 1.807) is 19.9 Å². The third-order valence-electron chi connectivity index (χ3n) is 3.97. The van der Waals surface area contributed by atoms with Crippen molar-refractivity contribution >= 4 is 16.9 Å². The van der Waals surface area contributed by atoms with Crippen LogP contribution in [0, 0.1) is 5.82 Å². The maximum atomic E-state index is 14.2. The van der Waals surface area contributed by atoms with E-state index in [4.69, 9.17) is 14.2 Å². The first-order valence-electron chi connectivity index (χ1n) is 9.62. The highest BCUT2D eigenvalue weighted by molar-refractivity contribution is 5.91. The molecule has 0 aliphatic carbocycles. The zero-order valence-electron chi connectivity index (χ0n) is 17.4. The van der Waals surface area contributed by atoms with Crippen LogP contribution >= 0.6 is 0 Å². The lowest BCUT2D eigenvalue weighted by Crippen LogP contribution is -2.21. The molecule has 1 unspecified atom stereocenters. The van der Waals surface area contributed by atoms with Gasteiger partial charge in [0.15, 0.2) is 0 Å². The number of hydrogen-bond donors (Lipinski definition) is 0. The Bertz CT molecular complexity index is 756. The largest absolute Gasteiger partial charge is 0.511 e. The molecular weight excluding hydrogens is 347 g/mol. The number of rotatable bonds is 6. The number of carbonyl (C=O) groups excluding carboxylic acids is 1. The monoisotopic (exact) mass is 378 g/mol. The fourth-order valence-corrected chi connectivity index (χ4v) is 2.89. The average Bonchev–Trinajstić information content (AvgIpc) is 2.62. The first-order chi connectivity index (χ1) is 12.9. The number of halogens is 1. The molecule has 1 atom stereocenters. The summed E-state index contributed by atoms with van der Waals surface area (Å²) in [6, 6.07) is 6.95. The molecule has 4 nitrogen and oxygen atoms in total. The summed E-state index contributed by atoms with van der Waals surface area (Å²) < 4.78 is 29.7. The van der Waals surface area contributed by atoms with Gasteiger partial charge in [0.05, 0.1) is 6.61 Å². The molecule has 0 aliphatic heterocycles. The van der Waals surface area contributed by atoms with Gasteiger partial charge >= 0.3 is 6.16 Å². The molecule has 0 fully saturated rings. The molecule has 0 aliphatic rings. The summed E-state index contributed by atoms with van der Waals surface area (Å²) in [5.41, 5.74) is 1.72. The van der Waals surface area contributed by atoms with Gasteiger partial charge in [-0.2, -0.15) is 0 Å². The third kappa shape index (κ3) is 5.84. The lowest BCUT2D eigenvalue weighted by atomic mass is 9.91. The molecule has 0 saturated heterocycles. The minimum absolute atomic E-state index is 0.190. The topological polar surface area (TPSA) is 44.8 Å². The Morgan fingerprint density at radius 3 is 2.33 bits per heavy atom. The van der Waals surface area contributed by atoms with Gasteiger partial charge in [-0.15, -0.1) is 0 Å². The highest BCUT2D eigenvalue weighted by Gasteiger charge is 2.17. The van der Waals surface area contributed by atoms with Gasteiger partial charge in [0, 0.05) is 6.92 Å². The molecule has 150 valence electrons. The van der Waals surface area contributed by atoms with E-state index in [0.717, 1.165) is 16.3 Å². The molecular formula is C22H31FO4. The van der Waals surface area contributed by atoms with Gasteiger partial charge in [-0.25, -0.2) is 9.18 Å². The summed E-state index contributed by atoms with van der Waals surface area (Å²) in [7, 11) is 0. The Balaban J connectivity index is 0.00000176. The van der Waals surface area contributed by atoms with E-state index in [-0.39, 0.29) is 18.3 Å². The van der Waals surface area contributed by atoms with E-state index in [1.807, 2.05) is 32.9 Å². The maximum absolute atomic E-state index is 14.2. The van der Waals surface area contributed by atoms with Crippen LogP contribution in [0.3, 0.4) is 0 Å². The molecule has 27 heavy (non-hydrogen) atoms. The van der Waals surface area contributed by atoms with Crippen molar-refractivity contribution in [1.82, 2.24) is 0 Å². The number of hydrogen-bond acceptors (Lipinski definition) is 4. The molecule has 0 bridgehead atoms. The van der Waals surface area contributed by atoms with Crippen LogP contribution in [0.25, 0.3) is 10.8 Å². The predicted molar refractivity (Wildman–Crippen MR) is 107 cm³/mol. The van der Waals surface area contributed by atoms with Crippen molar-refractivity contribution in [1.29, 1.82) is 0 Å². The lowest BCUT2D eigenvalue weighted by molar-refractivity contribution is -0.0518. The minimum atomic E-state index is -0.789. The molecule has 2 aromatic rings. The van der Waals surface area contributed by atoms with Gasteiger partial charge < -0.3 is 14.2 Å².